The van der Waals surface area contributed by atoms with E-state index < -0.39 is 5.92 Å². The molecule has 5 N–H and O–H groups in total. The van der Waals surface area contributed by atoms with Crippen molar-refractivity contribution < 1.29 is 8.78 Å². The third-order valence-electron chi connectivity index (χ3n) is 17.7. The van der Waals surface area contributed by atoms with Gasteiger partial charge in [0.2, 0.25) is 5.92 Å². The minimum absolute atomic E-state index is 0.0612. The van der Waals surface area contributed by atoms with Crippen molar-refractivity contribution in [3.63, 3.8) is 0 Å². The Morgan fingerprint density at radius 1 is 0.510 bits per heavy atom. The Balaban J connectivity index is 0.000000130. The van der Waals surface area contributed by atoms with Crippen LogP contribution in [0.25, 0.3) is 101 Å². The lowest BCUT2D eigenvalue weighted by Gasteiger charge is -2.37. The van der Waals surface area contributed by atoms with E-state index in [0.717, 1.165) is 141 Å². The fourth-order valence-corrected chi connectivity index (χ4v) is 12.5. The predicted molar refractivity (Wildman–Crippen MR) is 370 cm³/mol. The molecule has 1 unspecified atom stereocenters. The summed E-state index contributed by atoms with van der Waals surface area (Å²) in [6.45, 7) is 3.49. The van der Waals surface area contributed by atoms with Gasteiger partial charge in [-0.15, -0.1) is 0 Å². The molecule has 1 saturated heterocycles. The van der Waals surface area contributed by atoms with E-state index in [1.54, 1.807) is 34.3 Å². The van der Waals surface area contributed by atoms with Gasteiger partial charge in [0, 0.05) is 188 Å². The standard InChI is InChI=1S/C24H25F2N7.C24H28N8.C23H26N8/c1-31(14-16-10-24(25,26)11-16)23-20(21-7-8-32(2)30-21)13-27-22(29-23)18-6-4-5-17(9-18)19-12-28-33(3)15-19;1-31-14-18(11-27-31)16-4-3-5-17(10-16)23-26-13-22(19-12-28-32(2)15-19)24(30-23)29-21-8-6-20(25)7-9-21;1-30-9-7-21(29-30)20-14-26-22(28-23(20)25-12-16-6-8-24-11-16)18-5-3-4-17(10-18)19-13-27-31(2)15-19/h4-9,12-13,15-16H,10-11,14H2,1-3H3;3-5,10-15,20-21H,6-9,25H2,1-2H3,(H,26,29,30);3-5,7,9-10,13-16,24H,6,8,11-12H2,1-2H3,(H,25,26,28). The number of rotatable bonds is 17. The first-order valence-electron chi connectivity index (χ1n) is 32.4. The number of alkyl halides is 2. The summed E-state index contributed by atoms with van der Waals surface area (Å²) in [5.41, 5.74) is 20.5. The third kappa shape index (κ3) is 15.3. The summed E-state index contributed by atoms with van der Waals surface area (Å²) in [5, 5.41) is 36.9. The minimum Gasteiger partial charge on any atom is -0.369 e. The van der Waals surface area contributed by atoms with Gasteiger partial charge in [0.05, 0.1) is 47.3 Å². The average molecular weight is 1290 g/mol. The number of anilines is 3. The molecule has 1 atom stereocenters. The van der Waals surface area contributed by atoms with E-state index in [-0.39, 0.29) is 18.8 Å². The lowest BCUT2D eigenvalue weighted by atomic mass is 9.81. The SMILES string of the molecule is CN(CC1CC(F)(F)C1)c1nc(-c2cccc(-c3cnn(C)c3)c2)ncc1-c1ccn(C)n1.Cn1cc(-c2cccc(-c3ncc(-c4ccn(C)n4)c(NCC4CCNC4)n3)c2)cn1.Cn1cc(-c2cccc(-c3ncc(-c4cnn(C)c4)c(NC4CCC(N)CC4)n3)c2)cn1. The minimum atomic E-state index is -2.54. The Hall–Kier alpha value is -10.7. The second-order valence-corrected chi connectivity index (χ2v) is 25.5. The Morgan fingerprint density at radius 2 is 0.969 bits per heavy atom. The van der Waals surface area contributed by atoms with Crippen molar-refractivity contribution in [3.8, 4) is 101 Å². The summed E-state index contributed by atoms with van der Waals surface area (Å²) < 4.78 is 37.5. The van der Waals surface area contributed by atoms with Crippen molar-refractivity contribution in [2.75, 3.05) is 48.8 Å². The second kappa shape index (κ2) is 28.1. The van der Waals surface area contributed by atoms with E-state index in [9.17, 15) is 8.78 Å². The van der Waals surface area contributed by atoms with Gasteiger partial charge in [-0.1, -0.05) is 54.6 Å². The highest BCUT2D eigenvalue weighted by Crippen LogP contribution is 2.44. The smallest absolute Gasteiger partial charge is 0.248 e. The number of aryl methyl sites for hydroxylation is 6. The van der Waals surface area contributed by atoms with E-state index in [0.29, 0.717) is 47.8 Å². The molecule has 3 aromatic carbocycles. The molecule has 15 rings (SSSR count). The van der Waals surface area contributed by atoms with Gasteiger partial charge in [-0.25, -0.2) is 38.7 Å². The first kappa shape index (κ1) is 64.1. The summed E-state index contributed by atoms with van der Waals surface area (Å²) in [5.74, 6) is 2.30. The maximum Gasteiger partial charge on any atom is 0.248 e. The molecule has 96 heavy (non-hydrogen) atoms. The number of hydrogen-bond acceptors (Lipinski definition) is 17. The Bertz CT molecular complexity index is 4610. The maximum absolute atomic E-state index is 13.4. The third-order valence-corrected chi connectivity index (χ3v) is 17.7. The van der Waals surface area contributed by atoms with Crippen molar-refractivity contribution >= 4 is 17.5 Å². The largest absolute Gasteiger partial charge is 0.369 e. The molecular weight excluding hydrogens is 1210 g/mol. The zero-order chi connectivity index (χ0) is 66.5. The van der Waals surface area contributed by atoms with Crippen molar-refractivity contribution in [3.05, 3.63) is 165 Å². The van der Waals surface area contributed by atoms with Gasteiger partial charge in [-0.05, 0) is 104 Å². The van der Waals surface area contributed by atoms with E-state index in [1.165, 1.54) is 6.42 Å². The quantitative estimate of drug-likeness (QED) is 0.0661. The normalized spacial score (nSPS) is 16.7. The molecule has 2 aliphatic carbocycles. The van der Waals surface area contributed by atoms with Crippen LogP contribution in [0.1, 0.15) is 44.9 Å². The van der Waals surface area contributed by atoms with Crippen molar-refractivity contribution in [1.29, 1.82) is 0 Å². The molecule has 0 bridgehead atoms. The number of halogens is 2. The summed E-state index contributed by atoms with van der Waals surface area (Å²) in [6, 6.07) is 29.1. The van der Waals surface area contributed by atoms with Crippen LogP contribution in [0.5, 0.6) is 0 Å². The van der Waals surface area contributed by atoms with Gasteiger partial charge in [-0.2, -0.15) is 30.6 Å². The molecule has 1 aliphatic heterocycles. The molecule has 12 aromatic rings. The van der Waals surface area contributed by atoms with Crippen LogP contribution >= 0.6 is 0 Å². The summed E-state index contributed by atoms with van der Waals surface area (Å²) in [4.78, 5) is 30.7. The van der Waals surface area contributed by atoms with Crippen molar-refractivity contribution in [1.82, 2.24) is 93.9 Å². The van der Waals surface area contributed by atoms with Crippen LogP contribution < -0.4 is 26.6 Å². The van der Waals surface area contributed by atoms with Crippen LogP contribution in [-0.2, 0) is 42.3 Å². The van der Waals surface area contributed by atoms with Crippen molar-refractivity contribution in [2.45, 2.75) is 63.0 Å². The van der Waals surface area contributed by atoms with Gasteiger partial charge < -0.3 is 26.6 Å². The second-order valence-electron chi connectivity index (χ2n) is 25.5. The molecule has 0 radical (unpaired) electrons. The molecule has 2 saturated carbocycles. The number of hydrogen-bond donors (Lipinski definition) is 4. The number of benzene rings is 3. The van der Waals surface area contributed by atoms with Gasteiger partial charge in [0.15, 0.2) is 17.5 Å². The maximum atomic E-state index is 13.4. The molecule has 9 aromatic heterocycles. The highest BCUT2D eigenvalue weighted by atomic mass is 19.3. The van der Waals surface area contributed by atoms with E-state index in [1.807, 2.05) is 189 Å². The first-order chi connectivity index (χ1) is 46.5. The molecule has 492 valence electrons. The van der Waals surface area contributed by atoms with Crippen LogP contribution in [0.4, 0.5) is 26.2 Å². The molecule has 23 nitrogen and oxygen atoms in total. The van der Waals surface area contributed by atoms with Gasteiger partial charge in [0.25, 0.3) is 0 Å². The van der Waals surface area contributed by atoms with Crippen LogP contribution in [0.2, 0.25) is 0 Å². The Kier molecular flexibility index (Phi) is 18.8. The summed E-state index contributed by atoms with van der Waals surface area (Å²) in [6.07, 6.45) is 29.9. The number of nitrogens with one attached hydrogen (secondary N) is 3. The fourth-order valence-electron chi connectivity index (χ4n) is 12.5. The zero-order valence-corrected chi connectivity index (χ0v) is 55.0. The number of nitrogens with zero attached hydrogens (tertiary/aromatic N) is 19. The molecule has 25 heteroatoms. The Labute approximate surface area is 555 Å². The summed E-state index contributed by atoms with van der Waals surface area (Å²) in [7, 11) is 13.3. The predicted octanol–water partition coefficient (Wildman–Crippen LogP) is 11.0. The average Bonchev–Trinajstić information content (AvgIpc) is 1.04. The van der Waals surface area contributed by atoms with E-state index >= 15 is 0 Å². The van der Waals surface area contributed by atoms with Crippen LogP contribution in [0, 0.1) is 11.8 Å². The van der Waals surface area contributed by atoms with E-state index in [4.69, 9.17) is 25.7 Å². The number of nitrogens with two attached hydrogens (primary N) is 1. The molecule has 3 fully saturated rings. The van der Waals surface area contributed by atoms with Crippen LogP contribution in [0.15, 0.2) is 165 Å². The summed E-state index contributed by atoms with van der Waals surface area (Å²) >= 11 is 0. The Morgan fingerprint density at radius 3 is 1.43 bits per heavy atom. The lowest BCUT2D eigenvalue weighted by Crippen LogP contribution is -2.42. The van der Waals surface area contributed by atoms with Gasteiger partial charge in [0.1, 0.15) is 17.5 Å². The first-order valence-corrected chi connectivity index (χ1v) is 32.4. The topological polar surface area (TPSA) is 250 Å². The molecule has 10 heterocycles. The highest BCUT2D eigenvalue weighted by Gasteiger charge is 2.45. The van der Waals surface area contributed by atoms with Crippen LogP contribution in [-0.4, -0.2) is 140 Å². The molecular formula is C71H79F2N23. The van der Waals surface area contributed by atoms with Crippen molar-refractivity contribution in [2.24, 2.45) is 59.9 Å². The molecule has 3 aliphatic rings. The van der Waals surface area contributed by atoms with Gasteiger partial charge >= 0.3 is 0 Å². The van der Waals surface area contributed by atoms with Crippen LogP contribution in [0.3, 0.4) is 0 Å². The number of aromatic nitrogens is 18. The monoisotopic (exact) mass is 1290 g/mol. The molecule has 0 spiro atoms. The van der Waals surface area contributed by atoms with E-state index in [2.05, 4.69) is 80.8 Å². The lowest BCUT2D eigenvalue weighted by molar-refractivity contribution is -0.107. The van der Waals surface area contributed by atoms with Gasteiger partial charge in [-0.3, -0.25) is 28.1 Å². The highest BCUT2D eigenvalue weighted by molar-refractivity contribution is 5.79. The molecule has 0 amide bonds. The zero-order valence-electron chi connectivity index (χ0n) is 55.0. The fraction of sp³-hybridized carbons (Fsp3) is 0.324.